The molecule has 5 heterocycles. The summed E-state index contributed by atoms with van der Waals surface area (Å²) in [6.45, 7) is 6.00. The van der Waals surface area contributed by atoms with Crippen molar-refractivity contribution in [2.24, 2.45) is 0 Å². The van der Waals surface area contributed by atoms with Gasteiger partial charge in [0.1, 0.15) is 24.6 Å². The topological polar surface area (TPSA) is 172 Å². The van der Waals surface area contributed by atoms with Crippen LogP contribution in [0.15, 0.2) is 23.2 Å². The quantitative estimate of drug-likeness (QED) is 0.360. The van der Waals surface area contributed by atoms with Gasteiger partial charge in [0.25, 0.3) is 0 Å². The number of aromatic nitrogens is 5. The second-order valence-electron chi connectivity index (χ2n) is 9.97. The van der Waals surface area contributed by atoms with Crippen molar-refractivity contribution in [1.29, 1.82) is 0 Å². The minimum atomic E-state index is -2.48. The van der Waals surface area contributed by atoms with E-state index in [4.69, 9.17) is 9.26 Å². The van der Waals surface area contributed by atoms with Gasteiger partial charge in [0.2, 0.25) is 0 Å². The van der Waals surface area contributed by atoms with E-state index in [-0.39, 0.29) is 11.5 Å². The van der Waals surface area contributed by atoms with Crippen LogP contribution < -0.4 is 5.32 Å². The molecule has 0 aliphatic carbocycles. The molecule has 5 rings (SSSR count). The number of aliphatic hydroxyl groups is 2. The molecule has 2 saturated heterocycles. The van der Waals surface area contributed by atoms with E-state index >= 15 is 0 Å². The molecule has 0 spiro atoms. The highest BCUT2D eigenvalue weighted by atomic mass is 32.3. The molecule has 2 aliphatic heterocycles. The van der Waals surface area contributed by atoms with Crippen LogP contribution in [0.2, 0.25) is 0 Å². The lowest BCUT2D eigenvalue weighted by Gasteiger charge is -2.39. The minimum Gasteiger partial charge on any atom is -0.387 e. The van der Waals surface area contributed by atoms with E-state index in [1.54, 1.807) is 10.6 Å². The van der Waals surface area contributed by atoms with Gasteiger partial charge in [-0.25, -0.2) is 15.0 Å². The maximum atomic E-state index is 10.8. The third kappa shape index (κ3) is 4.27. The van der Waals surface area contributed by atoms with E-state index in [0.29, 0.717) is 47.1 Å². The molecule has 5 N–H and O–H groups in total. The van der Waals surface area contributed by atoms with Gasteiger partial charge in [-0.1, -0.05) is 25.9 Å². The number of anilines is 1. The third-order valence-electron chi connectivity index (χ3n) is 6.38. The van der Waals surface area contributed by atoms with Crippen molar-refractivity contribution in [1.82, 2.24) is 24.7 Å². The van der Waals surface area contributed by atoms with E-state index in [1.807, 2.05) is 20.8 Å². The maximum Gasteiger partial charge on any atom is 0.168 e. The summed E-state index contributed by atoms with van der Waals surface area (Å²) in [6.07, 6.45) is -0.223. The first-order chi connectivity index (χ1) is 16.0. The van der Waals surface area contributed by atoms with E-state index in [2.05, 4.69) is 25.4 Å². The molecular formula is C21H30N6O6S. The number of rotatable bonds is 4. The highest BCUT2D eigenvalue weighted by molar-refractivity contribution is 8.24. The molecule has 186 valence electrons. The summed E-state index contributed by atoms with van der Waals surface area (Å²) >= 11 is 0. The lowest BCUT2D eigenvalue weighted by Crippen LogP contribution is -2.30. The maximum absolute atomic E-state index is 10.8. The van der Waals surface area contributed by atoms with Gasteiger partial charge < -0.3 is 24.8 Å². The smallest absolute Gasteiger partial charge is 0.168 e. The Morgan fingerprint density at radius 2 is 1.82 bits per heavy atom. The number of hydrogen-bond donors (Lipinski definition) is 5. The molecule has 3 aromatic rings. The number of hydrogen-bond acceptors (Lipinski definition) is 11. The molecule has 4 atom stereocenters. The van der Waals surface area contributed by atoms with E-state index in [1.165, 1.54) is 12.7 Å². The van der Waals surface area contributed by atoms with Crippen molar-refractivity contribution in [2.45, 2.75) is 69.6 Å². The Bertz CT molecular complexity index is 1170. The summed E-state index contributed by atoms with van der Waals surface area (Å²) in [6, 6.07) is 1.77. The van der Waals surface area contributed by atoms with Gasteiger partial charge in [-0.3, -0.25) is 13.7 Å². The first-order valence-corrected chi connectivity index (χ1v) is 13.1. The van der Waals surface area contributed by atoms with Crippen LogP contribution in [-0.4, -0.2) is 73.7 Å². The van der Waals surface area contributed by atoms with Crippen molar-refractivity contribution < 1.29 is 28.6 Å². The molecule has 12 nitrogen and oxygen atoms in total. The van der Waals surface area contributed by atoms with E-state index in [0.717, 1.165) is 5.69 Å². The Hall–Kier alpha value is -2.29. The second kappa shape index (κ2) is 8.43. The van der Waals surface area contributed by atoms with Crippen LogP contribution in [0.25, 0.3) is 11.2 Å². The van der Waals surface area contributed by atoms with Gasteiger partial charge in [-0.05, 0) is 12.8 Å². The fourth-order valence-corrected chi connectivity index (χ4v) is 5.82. The Morgan fingerprint density at radius 1 is 1.09 bits per heavy atom. The number of imidazole rings is 1. The van der Waals surface area contributed by atoms with Gasteiger partial charge in [-0.2, -0.15) is 10.6 Å². The summed E-state index contributed by atoms with van der Waals surface area (Å²) in [5.74, 6) is 1.56. The number of nitrogens with zero attached hydrogens (tertiary/aromatic N) is 5. The molecule has 34 heavy (non-hydrogen) atoms. The number of aliphatic hydroxyl groups excluding tert-OH is 2. The van der Waals surface area contributed by atoms with Crippen LogP contribution in [-0.2, 0) is 10.2 Å². The molecule has 2 fully saturated rings. The van der Waals surface area contributed by atoms with Crippen LogP contribution in [0, 0.1) is 0 Å². The van der Waals surface area contributed by atoms with Crippen molar-refractivity contribution in [3.63, 3.8) is 0 Å². The van der Waals surface area contributed by atoms with Gasteiger partial charge in [0.15, 0.2) is 29.0 Å². The first kappa shape index (κ1) is 23.5. The van der Waals surface area contributed by atoms with Crippen LogP contribution >= 0.6 is 10.6 Å². The lowest BCUT2D eigenvalue weighted by molar-refractivity contribution is -0.0434. The average Bonchev–Trinajstić information content (AvgIpc) is 3.49. The largest absolute Gasteiger partial charge is 0.387 e. The van der Waals surface area contributed by atoms with Gasteiger partial charge in [0, 0.05) is 29.0 Å². The minimum absolute atomic E-state index is 0.0335. The molecule has 0 unspecified atom stereocenters. The average molecular weight is 495 g/mol. The molecule has 0 radical (unpaired) electrons. The highest BCUT2D eigenvalue weighted by Gasteiger charge is 2.47. The van der Waals surface area contributed by atoms with Crippen LogP contribution in [0.3, 0.4) is 0 Å². The number of ether oxygens (including phenoxy) is 1. The van der Waals surface area contributed by atoms with Gasteiger partial charge in [0.05, 0.1) is 12.0 Å². The SMILES string of the molecule is CC(C)(C)c1cc([C@H]2O[C@@H](n3cnc4c(NC5CCS(O)(O)CC5)ncnc43)[C@H](O)[C@@H]2O)on1. The van der Waals surface area contributed by atoms with Crippen LogP contribution in [0.1, 0.15) is 57.4 Å². The zero-order chi connectivity index (χ0) is 24.3. The monoisotopic (exact) mass is 494 g/mol. The molecule has 0 amide bonds. The van der Waals surface area contributed by atoms with Crippen molar-refractivity contribution in [3.05, 3.63) is 30.2 Å². The summed E-state index contributed by atoms with van der Waals surface area (Å²) < 4.78 is 32.7. The Morgan fingerprint density at radius 3 is 2.50 bits per heavy atom. The van der Waals surface area contributed by atoms with Crippen molar-refractivity contribution in [2.75, 3.05) is 16.8 Å². The van der Waals surface area contributed by atoms with Gasteiger partial charge in [-0.15, -0.1) is 0 Å². The normalized spacial score (nSPS) is 28.9. The van der Waals surface area contributed by atoms with Crippen molar-refractivity contribution in [3.8, 4) is 0 Å². The van der Waals surface area contributed by atoms with Crippen LogP contribution in [0.5, 0.6) is 0 Å². The zero-order valence-corrected chi connectivity index (χ0v) is 20.0. The van der Waals surface area contributed by atoms with Gasteiger partial charge >= 0.3 is 0 Å². The highest BCUT2D eigenvalue weighted by Crippen LogP contribution is 2.45. The Labute approximate surface area is 197 Å². The third-order valence-corrected chi connectivity index (χ3v) is 8.15. The summed E-state index contributed by atoms with van der Waals surface area (Å²) in [7, 11) is -2.48. The summed E-state index contributed by atoms with van der Waals surface area (Å²) in [5.41, 5.74) is 1.40. The first-order valence-electron chi connectivity index (χ1n) is 11.2. The summed E-state index contributed by atoms with van der Waals surface area (Å²) in [4.78, 5) is 13.1. The lowest BCUT2D eigenvalue weighted by atomic mass is 9.92. The molecule has 13 heteroatoms. The molecule has 2 aliphatic rings. The molecule has 3 aromatic heterocycles. The molecule has 0 aromatic carbocycles. The predicted octanol–water partition coefficient (Wildman–Crippen LogP) is 2.43. The number of nitrogens with one attached hydrogen (secondary N) is 1. The molecule has 0 bridgehead atoms. The Kier molecular flexibility index (Phi) is 5.81. The summed E-state index contributed by atoms with van der Waals surface area (Å²) in [5, 5.41) is 28.9. The standard InChI is InChI=1S/C21H30N6O6S/c1-21(2,3)13-8-12(33-26-13)17-15(28)16(29)20(32-17)27-10-24-14-18(22-9-23-19(14)27)25-11-4-6-34(30,31)7-5-11/h8-11,15-17,20,28-31H,4-7H2,1-3H3,(H,22,23,25)/t15-,16+,17+,20+/m0/s1. The zero-order valence-electron chi connectivity index (χ0n) is 19.2. The second-order valence-corrected chi connectivity index (χ2v) is 12.4. The Balaban J connectivity index is 1.38. The number of fused-ring (bicyclic) bond motifs is 1. The predicted molar refractivity (Wildman–Crippen MR) is 125 cm³/mol. The molecule has 0 saturated carbocycles. The van der Waals surface area contributed by atoms with E-state index in [9.17, 15) is 19.3 Å². The van der Waals surface area contributed by atoms with Crippen LogP contribution in [0.4, 0.5) is 5.82 Å². The fraction of sp³-hybridized carbons (Fsp3) is 0.619. The molecular weight excluding hydrogens is 464 g/mol. The van der Waals surface area contributed by atoms with Crippen molar-refractivity contribution >= 4 is 27.6 Å². The van der Waals surface area contributed by atoms with E-state index < -0.39 is 35.1 Å². The fourth-order valence-electron chi connectivity index (χ4n) is 4.29.